The largest absolute Gasteiger partial charge is 0.459 e. The molecule has 17 heavy (non-hydrogen) atoms. The molecule has 0 spiro atoms. The summed E-state index contributed by atoms with van der Waals surface area (Å²) >= 11 is 0. The fraction of sp³-hybridized carbons (Fsp3) is 0.750. The first-order valence-electron chi connectivity index (χ1n) is 5.69. The Kier molecular flexibility index (Phi) is 3.25. The summed E-state index contributed by atoms with van der Waals surface area (Å²) < 4.78 is 21.9. The van der Waals surface area contributed by atoms with Crippen molar-refractivity contribution in [1.82, 2.24) is 0 Å². The van der Waals surface area contributed by atoms with Crippen LogP contribution < -0.4 is 0 Å². The quantitative estimate of drug-likeness (QED) is 0.546. The fourth-order valence-electron chi connectivity index (χ4n) is 2.04. The van der Waals surface area contributed by atoms with E-state index in [0.29, 0.717) is 12.2 Å². The van der Waals surface area contributed by atoms with Crippen LogP contribution in [0.2, 0.25) is 0 Å². The summed E-state index contributed by atoms with van der Waals surface area (Å²) in [5.74, 6) is -0.995. The molecule has 0 aromatic rings. The molecule has 0 aromatic heterocycles. The zero-order valence-electron chi connectivity index (χ0n) is 10.4. The molecule has 5 nitrogen and oxygen atoms in total. The molecule has 0 aliphatic carbocycles. The van der Waals surface area contributed by atoms with Crippen molar-refractivity contribution in [3.05, 3.63) is 12.2 Å². The lowest BCUT2D eigenvalue weighted by molar-refractivity contribution is -0.180. The number of ether oxygens (including phenoxy) is 4. The molecule has 5 heteroatoms. The molecule has 0 bridgehead atoms. The third-order valence-corrected chi connectivity index (χ3v) is 2.79. The van der Waals surface area contributed by atoms with Gasteiger partial charge >= 0.3 is 5.97 Å². The Morgan fingerprint density at radius 1 is 1.47 bits per heavy atom. The fourth-order valence-corrected chi connectivity index (χ4v) is 2.04. The van der Waals surface area contributed by atoms with E-state index in [1.807, 2.05) is 13.8 Å². The predicted molar refractivity (Wildman–Crippen MR) is 59.3 cm³/mol. The molecular weight excluding hydrogens is 224 g/mol. The van der Waals surface area contributed by atoms with Gasteiger partial charge in [-0.25, -0.2) is 4.79 Å². The van der Waals surface area contributed by atoms with Crippen LogP contribution in [0.4, 0.5) is 0 Å². The molecule has 2 saturated heterocycles. The summed E-state index contributed by atoms with van der Waals surface area (Å²) in [4.78, 5) is 11.3. The molecular formula is C12H18O5. The number of esters is 1. The predicted octanol–water partition coefficient (Wildman–Crippen LogP) is 1.02. The van der Waals surface area contributed by atoms with Gasteiger partial charge in [0.1, 0.15) is 24.9 Å². The number of hydrogen-bond acceptors (Lipinski definition) is 5. The molecule has 2 aliphatic rings. The SMILES string of the molecule is C=C(C)C(=O)OCC1OC[C@@H]2OC(C)(C)O[C@H]12. The summed E-state index contributed by atoms with van der Waals surface area (Å²) in [5, 5.41) is 0. The maximum Gasteiger partial charge on any atom is 0.333 e. The van der Waals surface area contributed by atoms with E-state index in [4.69, 9.17) is 18.9 Å². The van der Waals surface area contributed by atoms with Gasteiger partial charge in [-0.1, -0.05) is 6.58 Å². The van der Waals surface area contributed by atoms with Crippen LogP contribution in [0.1, 0.15) is 20.8 Å². The molecule has 0 N–H and O–H groups in total. The molecule has 0 radical (unpaired) electrons. The Hall–Kier alpha value is -0.910. The highest BCUT2D eigenvalue weighted by Gasteiger charge is 2.50. The lowest BCUT2D eigenvalue weighted by Gasteiger charge is -2.21. The third-order valence-electron chi connectivity index (χ3n) is 2.79. The summed E-state index contributed by atoms with van der Waals surface area (Å²) in [6.07, 6.45) is -0.494. The van der Waals surface area contributed by atoms with Crippen LogP contribution in [0.25, 0.3) is 0 Å². The zero-order chi connectivity index (χ0) is 12.6. The molecule has 2 heterocycles. The monoisotopic (exact) mass is 242 g/mol. The molecule has 3 atom stereocenters. The van der Waals surface area contributed by atoms with Crippen molar-refractivity contribution in [2.45, 2.75) is 44.9 Å². The normalized spacial score (nSPS) is 34.4. The molecule has 0 amide bonds. The first-order chi connectivity index (χ1) is 7.89. The van der Waals surface area contributed by atoms with Gasteiger partial charge in [0.25, 0.3) is 0 Å². The van der Waals surface area contributed by atoms with Gasteiger partial charge < -0.3 is 18.9 Å². The first-order valence-corrected chi connectivity index (χ1v) is 5.69. The third kappa shape index (κ3) is 2.68. The second-order valence-electron chi connectivity index (χ2n) is 4.89. The van der Waals surface area contributed by atoms with Crippen molar-refractivity contribution in [2.24, 2.45) is 0 Å². The van der Waals surface area contributed by atoms with Crippen molar-refractivity contribution in [1.29, 1.82) is 0 Å². The van der Waals surface area contributed by atoms with E-state index in [1.54, 1.807) is 6.92 Å². The van der Waals surface area contributed by atoms with Gasteiger partial charge in [-0.3, -0.25) is 0 Å². The lowest BCUT2D eigenvalue weighted by Crippen LogP contribution is -2.33. The van der Waals surface area contributed by atoms with E-state index < -0.39 is 11.8 Å². The van der Waals surface area contributed by atoms with E-state index in [-0.39, 0.29) is 24.9 Å². The van der Waals surface area contributed by atoms with Crippen LogP contribution in [0.5, 0.6) is 0 Å². The zero-order valence-corrected chi connectivity index (χ0v) is 10.4. The topological polar surface area (TPSA) is 54.0 Å². The van der Waals surface area contributed by atoms with Crippen LogP contribution in [0.15, 0.2) is 12.2 Å². The smallest absolute Gasteiger partial charge is 0.333 e. The van der Waals surface area contributed by atoms with Crippen LogP contribution >= 0.6 is 0 Å². The van der Waals surface area contributed by atoms with Gasteiger partial charge in [0, 0.05) is 5.57 Å². The maximum absolute atomic E-state index is 11.3. The van der Waals surface area contributed by atoms with Crippen LogP contribution in [-0.4, -0.2) is 43.3 Å². The highest BCUT2D eigenvalue weighted by Crippen LogP contribution is 2.35. The van der Waals surface area contributed by atoms with Gasteiger partial charge in [0.15, 0.2) is 5.79 Å². The van der Waals surface area contributed by atoms with Crippen LogP contribution in [-0.2, 0) is 23.7 Å². The standard InChI is InChI=1S/C12H18O5/c1-7(2)11(13)15-5-8-10-9(6-14-8)16-12(3,4)17-10/h8-10H,1,5-6H2,2-4H3/t8?,9-,10+/m0/s1. The lowest BCUT2D eigenvalue weighted by atomic mass is 10.1. The highest BCUT2D eigenvalue weighted by molar-refractivity contribution is 5.86. The molecule has 96 valence electrons. The average molecular weight is 242 g/mol. The van der Waals surface area contributed by atoms with Crippen LogP contribution in [0.3, 0.4) is 0 Å². The van der Waals surface area contributed by atoms with E-state index in [0.717, 1.165) is 0 Å². The van der Waals surface area contributed by atoms with Crippen molar-refractivity contribution >= 4 is 5.97 Å². The Balaban J connectivity index is 1.87. The number of carbonyl (C=O) groups excluding carboxylic acids is 1. The van der Waals surface area contributed by atoms with Crippen molar-refractivity contribution in [3.8, 4) is 0 Å². The minimum absolute atomic E-state index is 0.0708. The summed E-state index contributed by atoms with van der Waals surface area (Å²) in [5.41, 5.74) is 0.378. The number of carbonyl (C=O) groups is 1. The van der Waals surface area contributed by atoms with E-state index in [2.05, 4.69) is 6.58 Å². The number of hydrogen-bond donors (Lipinski definition) is 0. The summed E-state index contributed by atoms with van der Waals surface area (Å²) in [6.45, 7) is 9.50. The van der Waals surface area contributed by atoms with Gasteiger partial charge in [-0.05, 0) is 20.8 Å². The average Bonchev–Trinajstić information content (AvgIpc) is 2.70. The maximum atomic E-state index is 11.3. The second-order valence-corrected chi connectivity index (χ2v) is 4.89. The van der Waals surface area contributed by atoms with Crippen molar-refractivity contribution < 1.29 is 23.7 Å². The van der Waals surface area contributed by atoms with Gasteiger partial charge in [0.05, 0.1) is 6.61 Å². The summed E-state index contributed by atoms with van der Waals surface area (Å²) in [7, 11) is 0. The minimum Gasteiger partial charge on any atom is -0.459 e. The van der Waals surface area contributed by atoms with E-state index in [1.165, 1.54) is 0 Å². The molecule has 0 aromatic carbocycles. The van der Waals surface area contributed by atoms with Gasteiger partial charge in [-0.2, -0.15) is 0 Å². The van der Waals surface area contributed by atoms with Crippen LogP contribution in [0, 0.1) is 0 Å². The van der Waals surface area contributed by atoms with Crippen molar-refractivity contribution in [2.75, 3.05) is 13.2 Å². The Labute approximate surface area is 101 Å². The second kappa shape index (κ2) is 4.40. The Morgan fingerprint density at radius 3 is 2.82 bits per heavy atom. The number of rotatable bonds is 3. The highest BCUT2D eigenvalue weighted by atomic mass is 16.8. The first kappa shape index (κ1) is 12.5. The summed E-state index contributed by atoms with van der Waals surface area (Å²) in [6, 6.07) is 0. The minimum atomic E-state index is -0.588. The molecule has 2 fully saturated rings. The van der Waals surface area contributed by atoms with Gasteiger partial charge in [-0.15, -0.1) is 0 Å². The van der Waals surface area contributed by atoms with Crippen molar-refractivity contribution in [3.63, 3.8) is 0 Å². The molecule has 0 saturated carbocycles. The van der Waals surface area contributed by atoms with E-state index >= 15 is 0 Å². The van der Waals surface area contributed by atoms with E-state index in [9.17, 15) is 4.79 Å². The Morgan fingerprint density at radius 2 is 2.18 bits per heavy atom. The molecule has 1 unspecified atom stereocenters. The molecule has 2 rings (SSSR count). The molecule has 2 aliphatic heterocycles. The Bertz CT molecular complexity index is 336. The number of fused-ring (bicyclic) bond motifs is 1. The van der Waals surface area contributed by atoms with Gasteiger partial charge in [0.2, 0.25) is 0 Å².